The highest BCUT2D eigenvalue weighted by Crippen LogP contribution is 2.61. The van der Waals surface area contributed by atoms with Gasteiger partial charge in [0.2, 0.25) is 0 Å². The van der Waals surface area contributed by atoms with Crippen LogP contribution in [0.3, 0.4) is 0 Å². The molecule has 142 heavy (non-hydrogen) atoms. The molecule has 0 radical (unpaired) electrons. The first-order chi connectivity index (χ1) is 70.1. The summed E-state index contributed by atoms with van der Waals surface area (Å²) in [6.45, 7) is 27.4. The molecule has 16 aromatic rings. The highest BCUT2D eigenvalue weighted by atomic mass is 16.5. The zero-order valence-corrected chi connectivity index (χ0v) is 83.8. The Labute approximate surface area is 839 Å². The maximum atomic E-state index is 6.50. The summed E-state index contributed by atoms with van der Waals surface area (Å²) in [4.78, 5) is 0. The van der Waals surface area contributed by atoms with E-state index < -0.39 is 5.41 Å². The van der Waals surface area contributed by atoms with Gasteiger partial charge in [0.05, 0.1) is 111 Å². The van der Waals surface area contributed by atoms with E-state index in [9.17, 15) is 0 Å². The zero-order chi connectivity index (χ0) is 96.4. The second-order valence-electron chi connectivity index (χ2n) is 41.0. The number of hydrogen-bond acceptors (Lipinski definition) is 13. The fraction of sp³-hybridized carbons (Fsp3) is 0.380. The summed E-state index contributed by atoms with van der Waals surface area (Å²) in [7, 11) is 0. The lowest BCUT2D eigenvalue weighted by Crippen LogP contribution is -2.45. The smallest absolute Gasteiger partial charge is 0.135 e. The number of furan rings is 1. The molecule has 15 aromatic carbocycles. The van der Waals surface area contributed by atoms with Gasteiger partial charge in [-0.25, -0.2) is 0 Å². The van der Waals surface area contributed by atoms with Crippen LogP contribution in [-0.2, 0) is 88.7 Å². The van der Waals surface area contributed by atoms with Gasteiger partial charge in [0.15, 0.2) is 0 Å². The molecular formula is C129H140O13. The molecule has 1 aliphatic carbocycles. The largest absolute Gasteiger partial charge is 0.456 e. The molecule has 0 N–H and O–H groups in total. The first-order valence-electron chi connectivity index (χ1n) is 52.9. The molecule has 0 spiro atoms. The van der Waals surface area contributed by atoms with Gasteiger partial charge in [0.1, 0.15) is 11.2 Å². The van der Waals surface area contributed by atoms with Crippen LogP contribution in [0.1, 0.15) is 175 Å². The summed E-state index contributed by atoms with van der Waals surface area (Å²) >= 11 is 0. The van der Waals surface area contributed by atoms with Gasteiger partial charge >= 0.3 is 0 Å². The molecule has 1 aromatic heterocycles. The van der Waals surface area contributed by atoms with Gasteiger partial charge in [0.25, 0.3) is 0 Å². The van der Waals surface area contributed by atoms with Crippen molar-refractivity contribution < 1.29 is 61.3 Å². The van der Waals surface area contributed by atoms with E-state index in [4.69, 9.17) is 61.3 Å². The third-order valence-electron chi connectivity index (χ3n) is 31.3. The summed E-state index contributed by atoms with van der Waals surface area (Å²) in [6, 6.07) is 108. The van der Waals surface area contributed by atoms with Crippen LogP contribution in [-0.4, -0.2) is 132 Å². The van der Waals surface area contributed by atoms with Crippen LogP contribution in [0.2, 0.25) is 0 Å². The average Bonchev–Trinajstić information content (AvgIpc) is 1.52. The standard InChI is InChI=1S/C73H76O6.C56H64O7/c1-3-71(49-78-50-71)47-76-41-21-7-19-39-74-45-53-33-36-55(37-34-53)68-60-29-15-17-31-62(60)69(63-32-18-16-30-61(63)68)65-44-67-70(59-28-14-13-27-58(59)65)64-38-35-54(46-75-40-20-8-22-42-77-48-72(4-2)51-79-52-72)43-66(64)73(67,56-23-9-5-10-24-56)57-25-11-6-12-26-57;1-3-55(37-61-38-55)35-59-29-13-5-11-27-57-33-41-19-22-43(23-20-41)53-45-15-7-9-17-47(45)54(48-18-10-8-16-46(48)53)44-24-26-52-50(32-44)49-31-42(21-25-51(49)63-52)34-58-28-12-6-14-30-60-36-56(4-2)39-62-40-56/h5-6,9-18,23-38,43-44H,3-4,7-8,19-22,39-42,45-52H2,1-2H3;7-10,15-26,31-32H,3-6,11-14,27-30,33-40H2,1-2H3. The summed E-state index contributed by atoms with van der Waals surface area (Å²) in [5, 5.41) is 14.6. The predicted octanol–water partition coefficient (Wildman–Crippen LogP) is 30.6. The van der Waals surface area contributed by atoms with Crippen molar-refractivity contribution in [1.82, 2.24) is 0 Å². The maximum absolute atomic E-state index is 6.50. The van der Waals surface area contributed by atoms with Crippen LogP contribution in [0, 0.1) is 21.7 Å². The minimum Gasteiger partial charge on any atom is -0.456 e. The quantitative estimate of drug-likeness (QED) is 0.0266. The van der Waals surface area contributed by atoms with E-state index in [0.717, 1.165) is 262 Å². The molecule has 0 atom stereocenters. The molecule has 13 nitrogen and oxygen atoms in total. The fourth-order valence-electron chi connectivity index (χ4n) is 22.1. The van der Waals surface area contributed by atoms with Gasteiger partial charge in [-0.1, -0.05) is 289 Å². The van der Waals surface area contributed by atoms with E-state index in [1.807, 2.05) is 0 Å². The Morgan fingerprint density at radius 1 is 0.218 bits per heavy atom. The molecule has 0 unspecified atom stereocenters. The Bertz CT molecular complexity index is 6730. The van der Waals surface area contributed by atoms with Crippen LogP contribution in [0.25, 0.3) is 131 Å². The minimum atomic E-state index is -0.612. The number of ether oxygens (including phenoxy) is 12. The van der Waals surface area contributed by atoms with Crippen LogP contribution < -0.4 is 0 Å². The highest BCUT2D eigenvalue weighted by Gasteiger charge is 2.48. The molecule has 0 amide bonds. The van der Waals surface area contributed by atoms with Gasteiger partial charge in [0, 0.05) is 85.3 Å². The van der Waals surface area contributed by atoms with E-state index >= 15 is 0 Å². The zero-order valence-electron chi connectivity index (χ0n) is 83.8. The summed E-state index contributed by atoms with van der Waals surface area (Å²) in [6.07, 6.45) is 17.2. The molecule has 5 aliphatic rings. The fourth-order valence-corrected chi connectivity index (χ4v) is 22.1. The SMILES string of the molecule is CCC1(COCCCCCOCc2ccc(-c3c4ccccc4c(-c4cc5c(c6ccccc46)-c4ccc(COCCCCCOCC6(CC)COC6)cc4C5(c4ccccc4)c4ccccc4)c4ccccc34)cc2)COC1.CCC1(COCCCCCOCc2ccc(-c3c4ccccc4c(-c4ccc5oc6ccc(COCCCCCOCC7(CC)COC7)cc6c5c4)c4ccccc34)cc2)COC1. The molecule has 734 valence electrons. The Hall–Kier alpha value is -11.1. The van der Waals surface area contributed by atoms with Gasteiger partial charge < -0.3 is 61.3 Å². The Kier molecular flexibility index (Phi) is 32.1. The predicted molar refractivity (Wildman–Crippen MR) is 578 cm³/mol. The second kappa shape index (κ2) is 46.3. The number of fused-ring (bicyclic) bond motifs is 12. The van der Waals surface area contributed by atoms with Gasteiger partial charge in [-0.05, 0) is 287 Å². The first-order valence-corrected chi connectivity index (χ1v) is 52.9. The second-order valence-corrected chi connectivity index (χ2v) is 41.0. The Morgan fingerprint density at radius 3 is 0.866 bits per heavy atom. The van der Waals surface area contributed by atoms with Crippen LogP contribution in [0.4, 0.5) is 0 Å². The third kappa shape index (κ3) is 21.3. The number of unbranched alkanes of at least 4 members (excludes halogenated alkanes) is 8. The van der Waals surface area contributed by atoms with Crippen molar-refractivity contribution in [3.05, 3.63) is 336 Å². The lowest BCUT2D eigenvalue weighted by atomic mass is 9.67. The van der Waals surface area contributed by atoms with Crippen molar-refractivity contribution in [2.24, 2.45) is 21.7 Å². The Balaban J connectivity index is 0.000000178. The monoisotopic (exact) mass is 1900 g/mol. The van der Waals surface area contributed by atoms with Gasteiger partial charge in [-0.2, -0.15) is 0 Å². The van der Waals surface area contributed by atoms with E-state index in [0.29, 0.717) is 26.4 Å². The van der Waals surface area contributed by atoms with E-state index in [2.05, 4.69) is 319 Å². The molecule has 0 bridgehead atoms. The summed E-state index contributed by atoms with van der Waals surface area (Å²) in [5.74, 6) is 0. The van der Waals surface area contributed by atoms with Crippen molar-refractivity contribution >= 4 is 75.8 Å². The number of rotatable bonds is 50. The molecule has 5 heterocycles. The molecule has 0 saturated carbocycles. The summed E-state index contributed by atoms with van der Waals surface area (Å²) in [5.41, 5.74) is 24.4. The third-order valence-corrected chi connectivity index (χ3v) is 31.3. The minimum absolute atomic E-state index is 0.234. The molecule has 4 saturated heterocycles. The van der Waals surface area contributed by atoms with E-state index in [1.54, 1.807) is 0 Å². The first kappa shape index (κ1) is 98.3. The molecule has 13 heteroatoms. The van der Waals surface area contributed by atoms with Crippen molar-refractivity contribution in [2.75, 3.05) is 132 Å². The van der Waals surface area contributed by atoms with E-state index in [-0.39, 0.29) is 21.7 Å². The topological polar surface area (TPSA) is 124 Å². The number of benzene rings is 15. The molecular weight excluding hydrogens is 1760 g/mol. The van der Waals surface area contributed by atoms with Crippen molar-refractivity contribution in [3.63, 3.8) is 0 Å². The molecule has 4 fully saturated rings. The highest BCUT2D eigenvalue weighted by molar-refractivity contribution is 6.26. The lowest BCUT2D eigenvalue weighted by molar-refractivity contribution is -0.150. The van der Waals surface area contributed by atoms with Gasteiger partial charge in [-0.3, -0.25) is 0 Å². The van der Waals surface area contributed by atoms with Gasteiger partial charge in [-0.15, -0.1) is 0 Å². The lowest BCUT2D eigenvalue weighted by Gasteiger charge is -2.40. The Morgan fingerprint density at radius 2 is 0.507 bits per heavy atom. The normalized spacial score (nSPS) is 15.7. The maximum Gasteiger partial charge on any atom is 0.135 e. The number of hydrogen-bond donors (Lipinski definition) is 0. The van der Waals surface area contributed by atoms with Crippen molar-refractivity contribution in [2.45, 2.75) is 162 Å². The van der Waals surface area contributed by atoms with Crippen LogP contribution in [0.15, 0.2) is 296 Å². The molecule has 4 aliphatic heterocycles. The van der Waals surface area contributed by atoms with Crippen molar-refractivity contribution in [3.8, 4) is 55.6 Å². The van der Waals surface area contributed by atoms with Crippen molar-refractivity contribution in [1.29, 1.82) is 0 Å². The van der Waals surface area contributed by atoms with Crippen LogP contribution >= 0.6 is 0 Å². The van der Waals surface area contributed by atoms with Crippen LogP contribution in [0.5, 0.6) is 0 Å². The molecule has 21 rings (SSSR count). The van der Waals surface area contributed by atoms with E-state index in [1.165, 1.54) is 148 Å². The summed E-state index contributed by atoms with van der Waals surface area (Å²) < 4.78 is 77.2. The average molecular weight is 1900 g/mol.